The van der Waals surface area contributed by atoms with Crippen LogP contribution in [0.2, 0.25) is 0 Å². The average molecular weight is 851 g/mol. The first-order valence-electron chi connectivity index (χ1n) is 18.2. The van der Waals surface area contributed by atoms with Crippen LogP contribution in [0.4, 0.5) is 0 Å². The first kappa shape index (κ1) is 34.0. The van der Waals surface area contributed by atoms with Crippen LogP contribution < -0.4 is 37.5 Å². The summed E-state index contributed by atoms with van der Waals surface area (Å²) in [6.07, 6.45) is -1.10. The highest BCUT2D eigenvalue weighted by Gasteiger charge is 2.56. The Balaban J connectivity index is 1.03. The van der Waals surface area contributed by atoms with Gasteiger partial charge in [0.2, 0.25) is 22.7 Å². The van der Waals surface area contributed by atoms with Crippen molar-refractivity contribution < 1.29 is 56.8 Å². The summed E-state index contributed by atoms with van der Waals surface area (Å²) >= 11 is 10.3. The van der Waals surface area contributed by atoms with Gasteiger partial charge in [0.15, 0.2) is 58.9 Å². The maximum absolute atomic E-state index is 6.59. The Morgan fingerprint density at radius 2 is 1.06 bits per heavy atom. The molecule has 18 heteroatoms. The highest BCUT2D eigenvalue weighted by atomic mass is 32.2. The van der Waals surface area contributed by atoms with E-state index < -0.39 is 0 Å². The van der Waals surface area contributed by atoms with E-state index in [0.717, 1.165) is 83.5 Å². The number of rotatable bonds is 3. The molecule has 9 aliphatic rings. The second-order valence-corrected chi connectivity index (χ2v) is 19.8. The molecule has 0 radical (unpaired) electrons. The Bertz CT molecular complexity index is 2210. The monoisotopic (exact) mass is 850 g/mol. The number of thiophene rings is 3. The lowest BCUT2D eigenvalue weighted by molar-refractivity contribution is -0.125. The minimum absolute atomic E-state index is 0.0172. The Morgan fingerprint density at radius 1 is 0.500 bits per heavy atom. The summed E-state index contributed by atoms with van der Waals surface area (Å²) in [5, 5.41) is 2.13. The molecule has 7 unspecified atom stereocenters. The molecule has 0 aromatic carbocycles. The summed E-state index contributed by atoms with van der Waals surface area (Å²) in [6.45, 7) is 6.26. The van der Waals surface area contributed by atoms with Gasteiger partial charge in [-0.2, -0.15) is 0 Å². The zero-order valence-corrected chi connectivity index (χ0v) is 33.6. The average Bonchev–Trinajstić information content (AvgIpc) is 4.09. The second-order valence-electron chi connectivity index (χ2n) is 13.5. The molecule has 12 rings (SSSR count). The number of ether oxygens (including phenoxy) is 12. The molecule has 0 aliphatic carbocycles. The van der Waals surface area contributed by atoms with Crippen LogP contribution in [-0.4, -0.2) is 131 Å². The second kappa shape index (κ2) is 13.8. The summed E-state index contributed by atoms with van der Waals surface area (Å²) < 4.78 is 78.2. The number of fused-ring (bicyclic) bond motifs is 6. The molecule has 0 amide bonds. The fourth-order valence-electron chi connectivity index (χ4n) is 8.23. The predicted octanol–water partition coefficient (Wildman–Crippen LogP) is 2.17. The maximum Gasteiger partial charge on any atom is 0.261 e. The van der Waals surface area contributed by atoms with Gasteiger partial charge < -0.3 is 56.8 Å². The molecule has 0 spiro atoms. The van der Waals surface area contributed by atoms with Crippen LogP contribution in [0.15, 0.2) is 5.38 Å². The molecule has 3 aromatic rings. The van der Waals surface area contributed by atoms with Crippen LogP contribution >= 0.6 is 45.8 Å². The predicted molar refractivity (Wildman–Crippen MR) is 209 cm³/mol. The molecule has 54 heavy (non-hydrogen) atoms. The Hall–Kier alpha value is -2.07. The lowest BCUT2D eigenvalue weighted by atomic mass is 10.1. The number of thioether (sulfide) groups is 1. The van der Waals surface area contributed by atoms with Gasteiger partial charge in [-0.05, 0) is 0 Å². The van der Waals surface area contributed by atoms with Crippen molar-refractivity contribution in [1.82, 2.24) is 0 Å². The normalized spacial score (nSPS) is 34.2. The quantitative estimate of drug-likeness (QED) is 0.284. The van der Waals surface area contributed by atoms with Crippen molar-refractivity contribution in [2.75, 3.05) is 85.0 Å². The van der Waals surface area contributed by atoms with E-state index >= 15 is 0 Å². The number of hydrogen-bond donors (Lipinski definition) is 0. The third kappa shape index (κ3) is 5.32. The summed E-state index contributed by atoms with van der Waals surface area (Å²) in [7, 11) is 0. The van der Waals surface area contributed by atoms with Gasteiger partial charge in [0.1, 0.15) is 64.6 Å². The van der Waals surface area contributed by atoms with Crippen LogP contribution in [0.3, 0.4) is 0 Å². The zero-order valence-electron chi connectivity index (χ0n) is 28.7. The molecule has 0 bridgehead atoms. The van der Waals surface area contributed by atoms with Gasteiger partial charge in [-0.3, -0.25) is 0 Å². The van der Waals surface area contributed by atoms with Crippen molar-refractivity contribution in [1.29, 1.82) is 0 Å². The lowest BCUT2D eigenvalue weighted by Gasteiger charge is -2.29. The van der Waals surface area contributed by atoms with E-state index in [0.29, 0.717) is 79.3 Å². The van der Waals surface area contributed by atoms with E-state index in [-0.39, 0.29) is 41.9 Å². The fraction of sp³-hybridized carbons (Fsp3) is 0.556. The lowest BCUT2D eigenvalue weighted by Crippen LogP contribution is -2.41. The first-order valence-corrected chi connectivity index (χ1v) is 23.4. The molecule has 0 saturated carbocycles. The third-order valence-corrected chi connectivity index (χ3v) is 18.6. The molecule has 0 N–H and O–H groups in total. The van der Waals surface area contributed by atoms with Gasteiger partial charge >= 0.3 is 0 Å². The van der Waals surface area contributed by atoms with E-state index in [1.54, 1.807) is 56.7 Å². The van der Waals surface area contributed by atoms with E-state index in [2.05, 4.69) is 0 Å². The smallest absolute Gasteiger partial charge is 0.261 e. The van der Waals surface area contributed by atoms with Crippen molar-refractivity contribution >= 4 is 88.0 Å². The summed E-state index contributed by atoms with van der Waals surface area (Å²) in [5.74, 6) is 5.57. The van der Waals surface area contributed by atoms with Crippen LogP contribution in [0.1, 0.15) is 19.9 Å². The van der Waals surface area contributed by atoms with Crippen LogP contribution in [0.25, 0.3) is 9.81 Å². The Kier molecular flexibility index (Phi) is 8.69. The van der Waals surface area contributed by atoms with Crippen molar-refractivity contribution in [3.63, 3.8) is 0 Å². The van der Waals surface area contributed by atoms with Gasteiger partial charge in [0, 0.05) is 11.1 Å². The van der Waals surface area contributed by atoms with E-state index in [1.165, 1.54) is 0 Å². The van der Waals surface area contributed by atoms with Gasteiger partial charge in [-0.15, -0.1) is 45.8 Å². The SMILES string of the molecule is c1sc(C2=[S+]/C(=c3/s/c(=C4/[S+]=C(c5sc(C6SCC7OCCOC76)c6c5OCCO6)C5OCCOC45)c4c3OCCO4)C3OCCOC23)c2c1OCCO2. The van der Waals surface area contributed by atoms with Gasteiger partial charge in [-0.25, -0.2) is 0 Å². The van der Waals surface area contributed by atoms with Crippen LogP contribution in [0.5, 0.6) is 34.5 Å². The highest BCUT2D eigenvalue weighted by molar-refractivity contribution is 8.00. The molecule has 4 fully saturated rings. The van der Waals surface area contributed by atoms with Crippen molar-refractivity contribution in [2.45, 2.75) is 41.9 Å². The van der Waals surface area contributed by atoms with E-state index in [9.17, 15) is 0 Å². The standard InChI is InChI=1S/C36H34O12S6/c1-3-39-17-15(37-1)13-49-27(17)29-19-21(43-7-5-41-19)31(51-29)33-23-25(47-11-9-45-23)35(53-33)36-26-24(46-10-12-48-26)34(54-36)32-22-20(42-6-8-44-22)30(52-32)28-18-16(14-50-28)38-2-4-40-18/h13,16,18-19,21,24,26,28H,1-12,14H2/q+2/b33-31+,36-35+. The summed E-state index contributed by atoms with van der Waals surface area (Å²) in [6, 6.07) is 0. The van der Waals surface area contributed by atoms with Gasteiger partial charge in [0.05, 0.1) is 55.9 Å². The molecular weight excluding hydrogens is 817 g/mol. The topological polar surface area (TPSA) is 111 Å². The van der Waals surface area contributed by atoms with Gasteiger partial charge in [0.25, 0.3) is 19.5 Å². The molecule has 7 atom stereocenters. The van der Waals surface area contributed by atoms with Crippen molar-refractivity contribution in [3.05, 3.63) is 29.1 Å². The van der Waals surface area contributed by atoms with Crippen molar-refractivity contribution in [3.8, 4) is 34.5 Å². The Labute approximate surface area is 333 Å². The molecule has 12 heterocycles. The molecule has 12 nitrogen and oxygen atoms in total. The van der Waals surface area contributed by atoms with Crippen LogP contribution in [0, 0.1) is 0 Å². The minimum Gasteiger partial charge on any atom is -0.485 e. The molecule has 284 valence electrons. The van der Waals surface area contributed by atoms with E-state index in [1.807, 2.05) is 17.1 Å². The third-order valence-electron chi connectivity index (χ3n) is 10.5. The van der Waals surface area contributed by atoms with Crippen molar-refractivity contribution in [2.24, 2.45) is 0 Å². The molecule has 4 saturated heterocycles. The zero-order chi connectivity index (χ0) is 35.3. The molecule has 9 aliphatic heterocycles. The number of hydrogen-bond acceptors (Lipinski definition) is 16. The Morgan fingerprint density at radius 3 is 1.76 bits per heavy atom. The fourth-order valence-corrected chi connectivity index (χ4v) is 16.6. The minimum atomic E-state index is -0.314. The van der Waals surface area contributed by atoms with Gasteiger partial charge in [-0.1, -0.05) is 0 Å². The maximum atomic E-state index is 6.59. The summed E-state index contributed by atoms with van der Waals surface area (Å²) in [5.41, 5.74) is 0. The largest absolute Gasteiger partial charge is 0.485 e. The summed E-state index contributed by atoms with van der Waals surface area (Å²) in [4.78, 5) is 7.45. The van der Waals surface area contributed by atoms with E-state index in [4.69, 9.17) is 56.8 Å². The first-order chi connectivity index (χ1) is 26.8. The van der Waals surface area contributed by atoms with Crippen LogP contribution in [-0.2, 0) is 51.1 Å². The molecular formula is C36H34O12S6+2. The highest BCUT2D eigenvalue weighted by Crippen LogP contribution is 2.56. The molecule has 3 aromatic heterocycles.